The summed E-state index contributed by atoms with van der Waals surface area (Å²) in [6.45, 7) is 9.07. The zero-order chi connectivity index (χ0) is 19.9. The van der Waals surface area contributed by atoms with E-state index in [9.17, 15) is 9.18 Å². The number of rotatable bonds is 4. The zero-order valence-corrected chi connectivity index (χ0v) is 18.5. The lowest BCUT2D eigenvalue weighted by molar-refractivity contribution is -0.0273. The van der Waals surface area contributed by atoms with Crippen LogP contribution >= 0.6 is 12.4 Å². The van der Waals surface area contributed by atoms with Crippen LogP contribution in [0.4, 0.5) is 4.39 Å². The van der Waals surface area contributed by atoms with Gasteiger partial charge in [-0.1, -0.05) is 0 Å². The topological polar surface area (TPSA) is 50.3 Å². The van der Waals surface area contributed by atoms with Gasteiger partial charge in [0, 0.05) is 31.3 Å². The van der Waals surface area contributed by atoms with Crippen LogP contribution in [0.3, 0.4) is 0 Å². The Hall–Kier alpha value is -1.37. The van der Waals surface area contributed by atoms with Gasteiger partial charge in [-0.05, 0) is 77.0 Å². The highest BCUT2D eigenvalue weighted by atomic mass is 35.5. The van der Waals surface area contributed by atoms with Crippen molar-refractivity contribution in [2.45, 2.75) is 77.0 Å². The molecule has 0 spiro atoms. The maximum atomic E-state index is 14.2. The van der Waals surface area contributed by atoms with Crippen LogP contribution in [0.1, 0.15) is 64.0 Å². The van der Waals surface area contributed by atoms with Gasteiger partial charge in [0.15, 0.2) is 0 Å². The van der Waals surface area contributed by atoms with Gasteiger partial charge in [-0.25, -0.2) is 9.18 Å². The van der Waals surface area contributed by atoms with E-state index in [2.05, 4.69) is 23.7 Å². The van der Waals surface area contributed by atoms with E-state index in [1.807, 2.05) is 13.0 Å². The molecule has 7 heteroatoms. The molecule has 5 nitrogen and oxygen atoms in total. The summed E-state index contributed by atoms with van der Waals surface area (Å²) >= 11 is 0. The van der Waals surface area contributed by atoms with Gasteiger partial charge in [0.1, 0.15) is 11.3 Å². The number of hydrogen-bond acceptors (Lipinski definition) is 3. The van der Waals surface area contributed by atoms with Crippen LogP contribution in [0.15, 0.2) is 16.9 Å². The number of imidazole rings is 1. The normalized spacial score (nSPS) is 26.6. The second-order valence-corrected chi connectivity index (χ2v) is 8.81. The SMILES string of the molecule is CCO[C@H]1CC[C@](C)(N2CCC(n3c(=O)[nH]c4c(F)cc(C)cc43)CC2)CC1.Cl. The molecule has 29 heavy (non-hydrogen) atoms. The van der Waals surface area contributed by atoms with Crippen molar-refractivity contribution in [3.8, 4) is 0 Å². The molecule has 4 rings (SSSR count). The molecule has 0 amide bonds. The Kier molecular flexibility index (Phi) is 6.76. The maximum Gasteiger partial charge on any atom is 0.326 e. The predicted octanol–water partition coefficient (Wildman–Crippen LogP) is 4.57. The van der Waals surface area contributed by atoms with Crippen LogP contribution in [0.2, 0.25) is 0 Å². The number of aromatic nitrogens is 2. The van der Waals surface area contributed by atoms with Gasteiger partial charge in [-0.2, -0.15) is 0 Å². The molecular formula is C22H33ClFN3O2. The summed E-state index contributed by atoms with van der Waals surface area (Å²) in [7, 11) is 0. The Labute approximate surface area is 178 Å². The molecule has 0 atom stereocenters. The van der Waals surface area contributed by atoms with Gasteiger partial charge in [0.25, 0.3) is 0 Å². The molecule has 1 aromatic heterocycles. The average molecular weight is 426 g/mol. The number of H-pyrrole nitrogens is 1. The van der Waals surface area contributed by atoms with Crippen LogP contribution in [0.25, 0.3) is 11.0 Å². The molecule has 1 aliphatic carbocycles. The summed E-state index contributed by atoms with van der Waals surface area (Å²) in [5.74, 6) is -0.346. The Morgan fingerprint density at radius 2 is 1.86 bits per heavy atom. The Balaban J connectivity index is 0.00000240. The number of aryl methyl sites for hydroxylation is 1. The highest BCUT2D eigenvalue weighted by molar-refractivity contribution is 5.85. The van der Waals surface area contributed by atoms with E-state index in [0.717, 1.165) is 50.9 Å². The molecule has 162 valence electrons. The molecular weight excluding hydrogens is 393 g/mol. The highest BCUT2D eigenvalue weighted by Gasteiger charge is 2.38. The van der Waals surface area contributed by atoms with E-state index in [1.54, 1.807) is 4.57 Å². The van der Waals surface area contributed by atoms with Crippen LogP contribution in [0, 0.1) is 12.7 Å². The summed E-state index contributed by atoms with van der Waals surface area (Å²) < 4.78 is 21.8. The van der Waals surface area contributed by atoms with Crippen molar-refractivity contribution in [2.75, 3.05) is 19.7 Å². The molecule has 1 saturated carbocycles. The smallest absolute Gasteiger partial charge is 0.326 e. The number of aromatic amines is 1. The number of ether oxygens (including phenoxy) is 1. The van der Waals surface area contributed by atoms with Crippen LogP contribution in [-0.4, -0.2) is 45.8 Å². The number of nitrogens with one attached hydrogen (secondary N) is 1. The van der Waals surface area contributed by atoms with Crippen LogP contribution < -0.4 is 5.69 Å². The molecule has 2 fully saturated rings. The number of nitrogens with zero attached hydrogens (tertiary/aromatic N) is 2. The summed E-state index contributed by atoms with van der Waals surface area (Å²) in [5, 5.41) is 0. The van der Waals surface area contributed by atoms with Gasteiger partial charge >= 0.3 is 5.69 Å². The lowest BCUT2D eigenvalue weighted by atomic mass is 9.79. The largest absolute Gasteiger partial charge is 0.379 e. The quantitative estimate of drug-likeness (QED) is 0.780. The number of fused-ring (bicyclic) bond motifs is 1. The number of benzene rings is 1. The van der Waals surface area contributed by atoms with E-state index >= 15 is 0 Å². The highest BCUT2D eigenvalue weighted by Crippen LogP contribution is 2.38. The first kappa shape index (κ1) is 22.3. The number of hydrogen-bond donors (Lipinski definition) is 1. The van der Waals surface area contributed by atoms with Crippen molar-refractivity contribution in [1.82, 2.24) is 14.5 Å². The lowest BCUT2D eigenvalue weighted by Crippen LogP contribution is -2.53. The Morgan fingerprint density at radius 1 is 1.21 bits per heavy atom. The summed E-state index contributed by atoms with van der Waals surface area (Å²) in [4.78, 5) is 17.9. The van der Waals surface area contributed by atoms with Crippen molar-refractivity contribution in [1.29, 1.82) is 0 Å². The fourth-order valence-corrected chi connectivity index (χ4v) is 5.27. The molecule has 0 unspecified atom stereocenters. The fraction of sp³-hybridized carbons (Fsp3) is 0.682. The van der Waals surface area contributed by atoms with Crippen LogP contribution in [0.5, 0.6) is 0 Å². The predicted molar refractivity (Wildman–Crippen MR) is 117 cm³/mol. The Morgan fingerprint density at radius 3 is 2.48 bits per heavy atom. The summed E-state index contributed by atoms with van der Waals surface area (Å²) in [6, 6.07) is 3.52. The van der Waals surface area contributed by atoms with Gasteiger partial charge in [0.05, 0.1) is 11.6 Å². The Bertz CT molecular complexity index is 893. The van der Waals surface area contributed by atoms with Gasteiger partial charge in [0.2, 0.25) is 0 Å². The first-order chi connectivity index (χ1) is 13.4. The summed E-state index contributed by atoms with van der Waals surface area (Å²) in [5.41, 5.74) is 1.91. The second-order valence-electron chi connectivity index (χ2n) is 8.81. The molecule has 2 heterocycles. The molecule has 1 N–H and O–H groups in total. The molecule has 1 saturated heterocycles. The third-order valence-corrected chi connectivity index (χ3v) is 6.93. The van der Waals surface area contributed by atoms with E-state index < -0.39 is 0 Å². The minimum absolute atomic E-state index is 0. The third kappa shape index (κ3) is 4.25. The first-order valence-electron chi connectivity index (χ1n) is 10.7. The number of piperidine rings is 1. The van der Waals surface area contributed by atoms with E-state index in [4.69, 9.17) is 4.74 Å². The molecule has 0 radical (unpaired) electrons. The molecule has 1 aliphatic heterocycles. The third-order valence-electron chi connectivity index (χ3n) is 6.93. The van der Waals surface area contributed by atoms with E-state index in [0.29, 0.717) is 17.1 Å². The number of likely N-dealkylation sites (tertiary alicyclic amines) is 1. The van der Waals surface area contributed by atoms with E-state index in [1.165, 1.54) is 18.9 Å². The van der Waals surface area contributed by atoms with E-state index in [-0.39, 0.29) is 35.5 Å². The molecule has 1 aromatic carbocycles. The van der Waals surface area contributed by atoms with Crippen molar-refractivity contribution < 1.29 is 9.13 Å². The first-order valence-corrected chi connectivity index (χ1v) is 10.7. The van der Waals surface area contributed by atoms with Crippen molar-refractivity contribution in [2.24, 2.45) is 0 Å². The van der Waals surface area contributed by atoms with Gasteiger partial charge in [-0.3, -0.25) is 9.47 Å². The average Bonchev–Trinajstić information content (AvgIpc) is 3.00. The van der Waals surface area contributed by atoms with Gasteiger partial charge < -0.3 is 9.72 Å². The number of halogens is 2. The van der Waals surface area contributed by atoms with Gasteiger partial charge in [-0.15, -0.1) is 12.4 Å². The maximum absolute atomic E-state index is 14.2. The minimum atomic E-state index is -0.346. The fourth-order valence-electron chi connectivity index (χ4n) is 5.27. The van der Waals surface area contributed by atoms with Crippen molar-refractivity contribution in [3.63, 3.8) is 0 Å². The molecule has 2 aliphatic rings. The summed E-state index contributed by atoms with van der Waals surface area (Å²) in [6.07, 6.45) is 6.85. The monoisotopic (exact) mass is 425 g/mol. The van der Waals surface area contributed by atoms with Crippen molar-refractivity contribution >= 4 is 23.4 Å². The molecule has 2 aromatic rings. The standard InChI is InChI=1S/C22H32FN3O2.ClH/c1-4-28-17-5-9-22(3,10-6-17)25-11-7-16(8-12-25)26-19-14-15(2)13-18(23)20(19)24-21(26)27;/h13-14,16-17H,4-12H2,1-3H3,(H,24,27);1H/t17-,22-;. The molecule has 0 bridgehead atoms. The zero-order valence-electron chi connectivity index (χ0n) is 17.7. The lowest BCUT2D eigenvalue weighted by Gasteiger charge is -2.48. The minimum Gasteiger partial charge on any atom is -0.379 e. The van der Waals surface area contributed by atoms with Crippen LogP contribution in [-0.2, 0) is 4.74 Å². The van der Waals surface area contributed by atoms with Crippen molar-refractivity contribution in [3.05, 3.63) is 34.0 Å². The second kappa shape index (κ2) is 8.78.